The number of urea groups is 1. The van der Waals surface area contributed by atoms with E-state index in [4.69, 9.17) is 9.26 Å². The second kappa shape index (κ2) is 10.0. The van der Waals surface area contributed by atoms with Crippen LogP contribution < -0.4 is 5.32 Å². The maximum absolute atomic E-state index is 12.4. The molecular weight excluding hydrogens is 346 g/mol. The molecule has 1 saturated carbocycles. The highest BCUT2D eigenvalue weighted by molar-refractivity contribution is 5.73. The standard InChI is InChI=1S/C19H33N5O3/c1-23(14-18-21-17(22-27-18)9-11-26-2)19(25)20-12-15-8-10-24(13-15)16-6-4-3-5-7-16/h15-16H,3-14H2,1-2H3,(H,20,25)/t15-/m0/s1. The lowest BCUT2D eigenvalue weighted by molar-refractivity contribution is 0.182. The maximum Gasteiger partial charge on any atom is 0.317 e. The van der Waals surface area contributed by atoms with E-state index in [0.717, 1.165) is 19.1 Å². The zero-order valence-electron chi connectivity index (χ0n) is 16.7. The number of amides is 2. The molecule has 0 radical (unpaired) electrons. The van der Waals surface area contributed by atoms with Gasteiger partial charge in [-0.25, -0.2) is 4.79 Å². The molecule has 0 spiro atoms. The molecule has 0 unspecified atom stereocenters. The molecule has 1 aliphatic heterocycles. The van der Waals surface area contributed by atoms with Gasteiger partial charge >= 0.3 is 6.03 Å². The highest BCUT2D eigenvalue weighted by Crippen LogP contribution is 2.27. The molecule has 8 heteroatoms. The molecule has 1 saturated heterocycles. The molecule has 8 nitrogen and oxygen atoms in total. The Balaban J connectivity index is 1.36. The zero-order valence-corrected chi connectivity index (χ0v) is 16.7. The Morgan fingerprint density at radius 1 is 1.33 bits per heavy atom. The number of methoxy groups -OCH3 is 1. The molecule has 2 fully saturated rings. The molecule has 0 aromatic carbocycles. The van der Waals surface area contributed by atoms with Gasteiger partial charge in [-0.2, -0.15) is 4.98 Å². The van der Waals surface area contributed by atoms with Crippen LogP contribution in [0.5, 0.6) is 0 Å². The number of carbonyl (C=O) groups is 1. The van der Waals surface area contributed by atoms with Crippen LogP contribution in [0.3, 0.4) is 0 Å². The van der Waals surface area contributed by atoms with Crippen LogP contribution >= 0.6 is 0 Å². The topological polar surface area (TPSA) is 83.7 Å². The average molecular weight is 380 g/mol. The minimum atomic E-state index is -0.0947. The van der Waals surface area contributed by atoms with Crippen molar-refractivity contribution in [2.45, 2.75) is 57.5 Å². The lowest BCUT2D eigenvalue weighted by Crippen LogP contribution is -2.40. The Kier molecular flexibility index (Phi) is 7.46. The van der Waals surface area contributed by atoms with Gasteiger partial charge in [0.25, 0.3) is 0 Å². The fourth-order valence-corrected chi connectivity index (χ4v) is 4.10. The summed E-state index contributed by atoms with van der Waals surface area (Å²) in [5, 5.41) is 6.96. The molecule has 1 aliphatic carbocycles. The molecule has 1 aromatic rings. The fourth-order valence-electron chi connectivity index (χ4n) is 4.10. The Hall–Kier alpha value is -1.67. The van der Waals surface area contributed by atoms with Crippen LogP contribution in [0.4, 0.5) is 4.79 Å². The Morgan fingerprint density at radius 2 is 2.15 bits per heavy atom. The van der Waals surface area contributed by atoms with Gasteiger partial charge in [-0.15, -0.1) is 0 Å². The van der Waals surface area contributed by atoms with Gasteiger partial charge in [-0.1, -0.05) is 24.4 Å². The minimum Gasteiger partial charge on any atom is -0.384 e. The number of nitrogens with one attached hydrogen (secondary N) is 1. The van der Waals surface area contributed by atoms with Crippen LogP contribution in [-0.4, -0.2) is 72.4 Å². The molecule has 2 amide bonds. The van der Waals surface area contributed by atoms with Crippen LogP contribution in [0.15, 0.2) is 4.52 Å². The third kappa shape index (κ3) is 5.90. The number of rotatable bonds is 8. The smallest absolute Gasteiger partial charge is 0.317 e. The molecular formula is C19H33N5O3. The maximum atomic E-state index is 12.4. The van der Waals surface area contributed by atoms with E-state index in [1.54, 1.807) is 19.1 Å². The number of likely N-dealkylation sites (tertiary alicyclic amines) is 1. The van der Waals surface area contributed by atoms with Crippen LogP contribution in [0.25, 0.3) is 0 Å². The number of aromatic nitrogens is 2. The van der Waals surface area contributed by atoms with Crippen molar-refractivity contribution in [3.05, 3.63) is 11.7 Å². The van der Waals surface area contributed by atoms with E-state index < -0.39 is 0 Å². The Labute approximate surface area is 161 Å². The Bertz CT molecular complexity index is 588. The molecule has 1 aromatic heterocycles. The first-order valence-electron chi connectivity index (χ1n) is 10.2. The van der Waals surface area contributed by atoms with E-state index in [0.29, 0.717) is 37.2 Å². The number of hydrogen-bond acceptors (Lipinski definition) is 6. The number of ether oxygens (including phenoxy) is 1. The summed E-state index contributed by atoms with van der Waals surface area (Å²) in [5.41, 5.74) is 0. The van der Waals surface area contributed by atoms with Crippen LogP contribution in [-0.2, 0) is 17.7 Å². The third-order valence-electron chi connectivity index (χ3n) is 5.71. The van der Waals surface area contributed by atoms with E-state index in [-0.39, 0.29) is 6.03 Å². The quantitative estimate of drug-likeness (QED) is 0.744. The lowest BCUT2D eigenvalue weighted by Gasteiger charge is -2.31. The van der Waals surface area contributed by atoms with Crippen molar-refractivity contribution in [1.29, 1.82) is 0 Å². The van der Waals surface area contributed by atoms with E-state index >= 15 is 0 Å². The van der Waals surface area contributed by atoms with Gasteiger partial charge in [0.15, 0.2) is 5.82 Å². The highest BCUT2D eigenvalue weighted by atomic mass is 16.5. The number of nitrogens with zero attached hydrogens (tertiary/aromatic N) is 4. The highest BCUT2D eigenvalue weighted by Gasteiger charge is 2.29. The Morgan fingerprint density at radius 3 is 2.93 bits per heavy atom. The average Bonchev–Trinajstić information content (AvgIpc) is 3.34. The molecule has 3 rings (SSSR count). The number of carbonyl (C=O) groups excluding carboxylic acids is 1. The molecule has 27 heavy (non-hydrogen) atoms. The normalized spacial score (nSPS) is 21.5. The third-order valence-corrected chi connectivity index (χ3v) is 5.71. The first kappa shape index (κ1) is 20.1. The van der Waals surface area contributed by atoms with Crippen molar-refractivity contribution >= 4 is 6.03 Å². The van der Waals surface area contributed by atoms with E-state index in [1.807, 2.05) is 0 Å². The fraction of sp³-hybridized carbons (Fsp3) is 0.842. The number of hydrogen-bond donors (Lipinski definition) is 1. The van der Waals surface area contributed by atoms with Crippen molar-refractivity contribution in [3.8, 4) is 0 Å². The van der Waals surface area contributed by atoms with Gasteiger partial charge in [0.05, 0.1) is 6.61 Å². The van der Waals surface area contributed by atoms with Gasteiger partial charge in [0, 0.05) is 39.7 Å². The monoisotopic (exact) mass is 379 g/mol. The molecule has 152 valence electrons. The lowest BCUT2D eigenvalue weighted by atomic mass is 9.94. The molecule has 0 bridgehead atoms. The van der Waals surface area contributed by atoms with Gasteiger partial charge in [0.2, 0.25) is 5.89 Å². The predicted molar refractivity (Wildman–Crippen MR) is 101 cm³/mol. The summed E-state index contributed by atoms with van der Waals surface area (Å²) >= 11 is 0. The van der Waals surface area contributed by atoms with E-state index in [2.05, 4.69) is 20.4 Å². The van der Waals surface area contributed by atoms with Crippen LogP contribution in [0.2, 0.25) is 0 Å². The van der Waals surface area contributed by atoms with E-state index in [9.17, 15) is 4.79 Å². The summed E-state index contributed by atoms with van der Waals surface area (Å²) in [5.74, 6) is 1.60. The first-order chi connectivity index (χ1) is 13.2. The summed E-state index contributed by atoms with van der Waals surface area (Å²) in [4.78, 5) is 20.9. The van der Waals surface area contributed by atoms with Crippen LogP contribution in [0, 0.1) is 5.92 Å². The van der Waals surface area contributed by atoms with Gasteiger partial charge in [-0.05, 0) is 31.7 Å². The largest absolute Gasteiger partial charge is 0.384 e. The zero-order chi connectivity index (χ0) is 19.1. The SMILES string of the molecule is COCCc1noc(CN(C)C(=O)NC[C@@H]2CCN(C3CCCCC3)C2)n1. The van der Waals surface area contributed by atoms with Gasteiger partial charge < -0.3 is 24.4 Å². The summed E-state index contributed by atoms with van der Waals surface area (Å²) in [7, 11) is 3.38. The van der Waals surface area contributed by atoms with Crippen LogP contribution in [0.1, 0.15) is 50.2 Å². The van der Waals surface area contributed by atoms with Crippen molar-refractivity contribution in [2.24, 2.45) is 5.92 Å². The van der Waals surface area contributed by atoms with Crippen molar-refractivity contribution in [3.63, 3.8) is 0 Å². The van der Waals surface area contributed by atoms with Gasteiger partial charge in [-0.3, -0.25) is 0 Å². The molecule has 1 atom stereocenters. The minimum absolute atomic E-state index is 0.0947. The van der Waals surface area contributed by atoms with Crippen molar-refractivity contribution < 1.29 is 14.1 Å². The van der Waals surface area contributed by atoms with E-state index in [1.165, 1.54) is 45.1 Å². The summed E-state index contributed by atoms with van der Waals surface area (Å²) in [6, 6.07) is 0.676. The van der Waals surface area contributed by atoms with Gasteiger partial charge in [0.1, 0.15) is 6.54 Å². The molecule has 1 N–H and O–H groups in total. The van der Waals surface area contributed by atoms with Crippen molar-refractivity contribution in [1.82, 2.24) is 25.3 Å². The summed E-state index contributed by atoms with van der Waals surface area (Å²) in [6.07, 6.45) is 8.61. The first-order valence-corrected chi connectivity index (χ1v) is 10.2. The summed E-state index contributed by atoms with van der Waals surface area (Å²) in [6.45, 7) is 3.88. The predicted octanol–water partition coefficient (Wildman–Crippen LogP) is 2.05. The molecule has 2 aliphatic rings. The van der Waals surface area contributed by atoms with Crippen molar-refractivity contribution in [2.75, 3.05) is 40.4 Å². The second-order valence-corrected chi connectivity index (χ2v) is 7.83. The molecule has 2 heterocycles. The second-order valence-electron chi connectivity index (χ2n) is 7.83. The summed E-state index contributed by atoms with van der Waals surface area (Å²) < 4.78 is 10.2.